The fourth-order valence-corrected chi connectivity index (χ4v) is 1.35. The molecule has 0 unspecified atom stereocenters. The highest BCUT2D eigenvalue weighted by molar-refractivity contribution is 6.34. The summed E-state index contributed by atoms with van der Waals surface area (Å²) in [5.74, 6) is 0.485. The Kier molecular flexibility index (Phi) is 2.07. The average molecular weight is 189 g/mol. The number of rotatable bonds is 1. The van der Waals surface area contributed by atoms with Crippen LogP contribution in [-0.2, 0) is 0 Å². The first kappa shape index (κ1) is 8.93. The quantitative estimate of drug-likeness (QED) is 0.590. The maximum Gasteiger partial charge on any atom is 0.142 e. The van der Waals surface area contributed by atoms with Gasteiger partial charge in [-0.2, -0.15) is 5.10 Å². The second kappa shape index (κ2) is 3.25. The first-order valence-electron chi connectivity index (χ1n) is 4.31. The Morgan fingerprint density at radius 3 is 2.86 bits per heavy atom. The van der Waals surface area contributed by atoms with Crippen molar-refractivity contribution in [3.8, 4) is 5.69 Å². The highest BCUT2D eigenvalue weighted by atomic mass is 19.1. The molecule has 0 aliphatic carbocycles. The van der Waals surface area contributed by atoms with Gasteiger partial charge >= 0.3 is 0 Å². The Morgan fingerprint density at radius 1 is 1.43 bits per heavy atom. The molecule has 5 heteroatoms. The average Bonchev–Trinajstić information content (AvgIpc) is 2.56. The van der Waals surface area contributed by atoms with Crippen LogP contribution in [0.2, 0.25) is 0 Å². The second-order valence-electron chi connectivity index (χ2n) is 3.15. The lowest BCUT2D eigenvalue weighted by Crippen LogP contribution is -2.14. The zero-order chi connectivity index (χ0) is 10.1. The van der Waals surface area contributed by atoms with Crippen LogP contribution in [0.3, 0.4) is 0 Å². The predicted molar refractivity (Wildman–Crippen MR) is 54.2 cm³/mol. The number of hydrogen-bond acceptors (Lipinski definition) is 2. The van der Waals surface area contributed by atoms with Crippen molar-refractivity contribution in [2.24, 2.45) is 0 Å². The van der Waals surface area contributed by atoms with Crippen LogP contribution in [0.4, 0.5) is 4.39 Å². The molecule has 0 bridgehead atoms. The molecular weight excluding hydrogens is 180 g/mol. The Balaban J connectivity index is 2.62. The lowest BCUT2D eigenvalue weighted by Gasteiger charge is -2.06. The van der Waals surface area contributed by atoms with Crippen molar-refractivity contribution in [3.63, 3.8) is 0 Å². The highest BCUT2D eigenvalue weighted by Crippen LogP contribution is 2.06. The van der Waals surface area contributed by atoms with Gasteiger partial charge in [0.25, 0.3) is 0 Å². The summed E-state index contributed by atoms with van der Waals surface area (Å²) in [7, 11) is 1.91. The van der Waals surface area contributed by atoms with E-state index in [1.165, 1.54) is 18.5 Å². The summed E-state index contributed by atoms with van der Waals surface area (Å²) in [6.07, 6.45) is 1.46. The van der Waals surface area contributed by atoms with E-state index in [0.717, 1.165) is 17.0 Å². The van der Waals surface area contributed by atoms with Gasteiger partial charge in [0.2, 0.25) is 0 Å². The van der Waals surface area contributed by atoms with Gasteiger partial charge in [0, 0.05) is 0 Å². The molecule has 0 radical (unpaired) electrons. The van der Waals surface area contributed by atoms with E-state index in [1.54, 1.807) is 10.7 Å². The number of benzene rings is 1. The van der Waals surface area contributed by atoms with Gasteiger partial charge in [-0.3, -0.25) is 0 Å². The number of nitrogens with zero attached hydrogens (tertiary/aromatic N) is 3. The highest BCUT2D eigenvalue weighted by Gasteiger charge is 2.05. The van der Waals surface area contributed by atoms with E-state index in [1.807, 2.05) is 14.8 Å². The molecule has 70 valence electrons. The molecular formula is C9H9BFN3. The monoisotopic (exact) mass is 189 g/mol. The molecule has 1 aromatic heterocycles. The Morgan fingerprint density at radius 2 is 2.21 bits per heavy atom. The van der Waals surface area contributed by atoms with E-state index in [4.69, 9.17) is 0 Å². The molecule has 0 spiro atoms. The van der Waals surface area contributed by atoms with E-state index in [2.05, 4.69) is 10.1 Å². The molecule has 0 aliphatic rings. The fourth-order valence-electron chi connectivity index (χ4n) is 1.35. The summed E-state index contributed by atoms with van der Waals surface area (Å²) in [4.78, 5) is 3.99. The third-order valence-corrected chi connectivity index (χ3v) is 2.12. The fraction of sp³-hybridized carbons (Fsp3) is 0.111. The van der Waals surface area contributed by atoms with Crippen molar-refractivity contribution >= 4 is 13.3 Å². The minimum atomic E-state index is -0.263. The summed E-state index contributed by atoms with van der Waals surface area (Å²) in [6, 6.07) is 4.62. The molecule has 0 aliphatic heterocycles. The van der Waals surface area contributed by atoms with E-state index in [0.29, 0.717) is 0 Å². The van der Waals surface area contributed by atoms with Crippen LogP contribution in [0.15, 0.2) is 24.5 Å². The van der Waals surface area contributed by atoms with Crippen LogP contribution in [0, 0.1) is 12.7 Å². The zero-order valence-electron chi connectivity index (χ0n) is 8.03. The van der Waals surface area contributed by atoms with Crippen molar-refractivity contribution in [2.75, 3.05) is 0 Å². The SMILES string of the molecule is Bc1ccc(F)cc1-n1ncnc1C. The lowest BCUT2D eigenvalue weighted by molar-refractivity contribution is 0.625. The molecule has 0 fully saturated rings. The minimum Gasteiger partial charge on any atom is -0.220 e. The van der Waals surface area contributed by atoms with Gasteiger partial charge in [0.05, 0.1) is 5.69 Å². The van der Waals surface area contributed by atoms with Crippen molar-refractivity contribution in [3.05, 3.63) is 36.2 Å². The molecule has 0 saturated carbocycles. The van der Waals surface area contributed by atoms with E-state index in [-0.39, 0.29) is 5.82 Å². The molecule has 1 heterocycles. The normalized spacial score (nSPS) is 10.4. The molecule has 0 saturated heterocycles. The van der Waals surface area contributed by atoms with Crippen LogP contribution in [0.25, 0.3) is 5.69 Å². The molecule has 0 atom stereocenters. The Bertz CT molecular complexity index is 467. The second-order valence-corrected chi connectivity index (χ2v) is 3.15. The molecule has 14 heavy (non-hydrogen) atoms. The maximum atomic E-state index is 13.0. The zero-order valence-corrected chi connectivity index (χ0v) is 8.03. The largest absolute Gasteiger partial charge is 0.220 e. The van der Waals surface area contributed by atoms with Crippen molar-refractivity contribution in [2.45, 2.75) is 6.92 Å². The van der Waals surface area contributed by atoms with Crippen molar-refractivity contribution in [1.29, 1.82) is 0 Å². The standard InChI is InChI=1S/C9H9BFN3/c1-6-12-5-13-14(6)9-4-7(11)2-3-8(9)10/h2-5H,10H2,1H3. The molecule has 3 nitrogen and oxygen atoms in total. The molecule has 2 aromatic rings. The summed E-state index contributed by atoms with van der Waals surface area (Å²) in [5.41, 5.74) is 1.71. The summed E-state index contributed by atoms with van der Waals surface area (Å²) < 4.78 is 14.6. The van der Waals surface area contributed by atoms with Gasteiger partial charge < -0.3 is 0 Å². The third-order valence-electron chi connectivity index (χ3n) is 2.12. The first-order valence-corrected chi connectivity index (χ1v) is 4.31. The van der Waals surface area contributed by atoms with Gasteiger partial charge in [-0.15, -0.1) is 0 Å². The van der Waals surface area contributed by atoms with Crippen LogP contribution >= 0.6 is 0 Å². The van der Waals surface area contributed by atoms with E-state index in [9.17, 15) is 4.39 Å². The third kappa shape index (κ3) is 1.41. The number of aromatic nitrogens is 3. The van der Waals surface area contributed by atoms with Crippen LogP contribution in [0.5, 0.6) is 0 Å². The van der Waals surface area contributed by atoms with Crippen molar-refractivity contribution in [1.82, 2.24) is 14.8 Å². The van der Waals surface area contributed by atoms with Crippen LogP contribution in [-0.4, -0.2) is 22.6 Å². The van der Waals surface area contributed by atoms with Gasteiger partial charge in [-0.25, -0.2) is 14.1 Å². The predicted octanol–water partition coefficient (Wildman–Crippen LogP) is -0.0268. The lowest BCUT2D eigenvalue weighted by atomic mass is 9.94. The first-order chi connectivity index (χ1) is 6.68. The summed E-state index contributed by atoms with van der Waals surface area (Å²) in [5, 5.41) is 4.03. The van der Waals surface area contributed by atoms with Gasteiger partial charge in [0.1, 0.15) is 25.8 Å². The van der Waals surface area contributed by atoms with E-state index < -0.39 is 0 Å². The topological polar surface area (TPSA) is 30.7 Å². The van der Waals surface area contributed by atoms with Crippen LogP contribution in [0.1, 0.15) is 5.82 Å². The van der Waals surface area contributed by atoms with Crippen LogP contribution < -0.4 is 5.46 Å². The summed E-state index contributed by atoms with van der Waals surface area (Å²) in [6.45, 7) is 1.83. The number of hydrogen-bond donors (Lipinski definition) is 0. The van der Waals surface area contributed by atoms with Gasteiger partial charge in [0.15, 0.2) is 0 Å². The maximum absolute atomic E-state index is 13.0. The van der Waals surface area contributed by atoms with Crippen molar-refractivity contribution < 1.29 is 4.39 Å². The molecule has 2 rings (SSSR count). The molecule has 0 N–H and O–H groups in total. The number of aryl methyl sites for hydroxylation is 1. The summed E-state index contributed by atoms with van der Waals surface area (Å²) >= 11 is 0. The minimum absolute atomic E-state index is 0.263. The molecule has 0 amide bonds. The Hall–Kier alpha value is -1.65. The van der Waals surface area contributed by atoms with E-state index >= 15 is 0 Å². The Labute approximate surface area is 82.0 Å². The van der Waals surface area contributed by atoms with Gasteiger partial charge in [-0.05, 0) is 19.1 Å². The number of halogens is 1. The van der Waals surface area contributed by atoms with Gasteiger partial charge in [-0.1, -0.05) is 11.5 Å². The smallest absolute Gasteiger partial charge is 0.142 e. The molecule has 1 aromatic carbocycles.